The Kier molecular flexibility index (Phi) is 3.46. The van der Waals surface area contributed by atoms with Crippen LogP contribution in [0.25, 0.3) is 10.7 Å². The van der Waals surface area contributed by atoms with Gasteiger partial charge in [0.05, 0.1) is 4.88 Å². The highest BCUT2D eigenvalue weighted by molar-refractivity contribution is 7.13. The number of ketones is 1. The molecule has 0 saturated heterocycles. The summed E-state index contributed by atoms with van der Waals surface area (Å²) in [4.78, 5) is 18.8. The fourth-order valence-electron chi connectivity index (χ4n) is 3.98. The van der Waals surface area contributed by atoms with Crippen LogP contribution in [0.2, 0.25) is 0 Å². The second kappa shape index (κ2) is 5.66. The number of anilines is 1. The lowest BCUT2D eigenvalue weighted by atomic mass is 9.73. The lowest BCUT2D eigenvalue weighted by molar-refractivity contribution is -0.118. The molecule has 1 aliphatic heterocycles. The van der Waals surface area contributed by atoms with Crippen LogP contribution in [0.15, 0.2) is 45.3 Å². The number of hydrogen-bond acceptors (Lipinski definition) is 6. The van der Waals surface area contributed by atoms with Crippen LogP contribution in [0.4, 0.5) is 5.95 Å². The summed E-state index contributed by atoms with van der Waals surface area (Å²) >= 11 is 1.60. The molecule has 5 rings (SSSR count). The summed E-state index contributed by atoms with van der Waals surface area (Å²) in [5.74, 6) is 2.99. The minimum absolute atomic E-state index is 0.0781. The van der Waals surface area contributed by atoms with E-state index in [4.69, 9.17) is 14.5 Å². The second-order valence-electron chi connectivity index (χ2n) is 7.99. The SMILES string of the molecule is Cc1ccc([C@H]2C3=C(CC(C)(C)CC3=O)Nc3nc(-c4cccs4)nn32)o1. The zero-order chi connectivity index (χ0) is 18.8. The van der Waals surface area contributed by atoms with E-state index in [1.54, 1.807) is 16.0 Å². The Bertz CT molecular complexity index is 1070. The van der Waals surface area contributed by atoms with Gasteiger partial charge < -0.3 is 9.73 Å². The highest BCUT2D eigenvalue weighted by Crippen LogP contribution is 2.46. The predicted octanol–water partition coefficient (Wildman–Crippen LogP) is 4.57. The average Bonchev–Trinajstić information content (AvgIpc) is 3.31. The largest absolute Gasteiger partial charge is 0.464 e. The van der Waals surface area contributed by atoms with E-state index in [0.29, 0.717) is 18.2 Å². The van der Waals surface area contributed by atoms with Gasteiger partial charge >= 0.3 is 0 Å². The smallest absolute Gasteiger partial charge is 0.227 e. The second-order valence-corrected chi connectivity index (χ2v) is 8.94. The fraction of sp³-hybridized carbons (Fsp3) is 0.350. The lowest BCUT2D eigenvalue weighted by Gasteiger charge is -2.37. The van der Waals surface area contributed by atoms with Crippen LogP contribution in [0.1, 0.15) is 44.3 Å². The van der Waals surface area contributed by atoms with Crippen molar-refractivity contribution in [1.82, 2.24) is 14.8 Å². The summed E-state index contributed by atoms with van der Waals surface area (Å²) in [6.07, 6.45) is 1.32. The van der Waals surface area contributed by atoms with Gasteiger partial charge in [-0.15, -0.1) is 16.4 Å². The Morgan fingerprint density at radius 3 is 2.85 bits per heavy atom. The summed E-state index contributed by atoms with van der Waals surface area (Å²) in [5.41, 5.74) is 1.61. The standard InChI is InChI=1S/C20H20N4O2S/c1-11-6-7-14(26-11)17-16-12(9-20(2,3)10-13(16)25)21-19-22-18(23-24(17)19)15-5-4-8-27-15/h4-8,17H,9-10H2,1-3H3,(H,21,22,23)/t17-/m0/s1. The summed E-state index contributed by atoms with van der Waals surface area (Å²) < 4.78 is 7.72. The Morgan fingerprint density at radius 1 is 1.30 bits per heavy atom. The number of Topliss-reactive ketones (excluding diaryl/α,β-unsaturated/α-hetero) is 1. The van der Waals surface area contributed by atoms with Crippen molar-refractivity contribution in [3.05, 3.63) is 52.4 Å². The van der Waals surface area contributed by atoms with Crippen LogP contribution in [-0.4, -0.2) is 20.5 Å². The van der Waals surface area contributed by atoms with E-state index >= 15 is 0 Å². The molecular formula is C20H20N4O2S. The number of hydrogen-bond donors (Lipinski definition) is 1. The van der Waals surface area contributed by atoms with Crippen LogP contribution >= 0.6 is 11.3 Å². The molecule has 0 spiro atoms. The maximum atomic E-state index is 13.1. The van der Waals surface area contributed by atoms with E-state index in [9.17, 15) is 4.79 Å². The van der Waals surface area contributed by atoms with E-state index in [0.717, 1.165) is 34.1 Å². The van der Waals surface area contributed by atoms with Gasteiger partial charge in [-0.1, -0.05) is 19.9 Å². The van der Waals surface area contributed by atoms with Crippen molar-refractivity contribution in [2.45, 2.75) is 39.7 Å². The molecule has 0 fully saturated rings. The molecule has 1 atom stereocenters. The number of allylic oxidation sites excluding steroid dienone is 2. The van der Waals surface area contributed by atoms with E-state index < -0.39 is 0 Å². The molecule has 27 heavy (non-hydrogen) atoms. The van der Waals surface area contributed by atoms with Crippen molar-refractivity contribution < 1.29 is 9.21 Å². The van der Waals surface area contributed by atoms with Gasteiger partial charge in [0.25, 0.3) is 0 Å². The summed E-state index contributed by atoms with van der Waals surface area (Å²) in [7, 11) is 0. The molecule has 6 nitrogen and oxygen atoms in total. The molecule has 1 N–H and O–H groups in total. The Hall–Kier alpha value is -2.67. The van der Waals surface area contributed by atoms with Gasteiger partial charge in [0, 0.05) is 17.7 Å². The van der Waals surface area contributed by atoms with Crippen LogP contribution in [0, 0.1) is 12.3 Å². The first-order valence-electron chi connectivity index (χ1n) is 9.01. The molecule has 4 heterocycles. The van der Waals surface area contributed by atoms with E-state index in [1.807, 2.05) is 36.6 Å². The number of fused-ring (bicyclic) bond motifs is 1. The minimum Gasteiger partial charge on any atom is -0.464 e. The first-order chi connectivity index (χ1) is 12.9. The van der Waals surface area contributed by atoms with E-state index in [1.165, 1.54) is 0 Å². The van der Waals surface area contributed by atoms with Gasteiger partial charge in [0.15, 0.2) is 11.6 Å². The quantitative estimate of drug-likeness (QED) is 0.705. The highest BCUT2D eigenvalue weighted by Gasteiger charge is 2.43. The summed E-state index contributed by atoms with van der Waals surface area (Å²) in [5, 5.41) is 10.1. The Labute approximate surface area is 160 Å². The maximum Gasteiger partial charge on any atom is 0.227 e. The molecular weight excluding hydrogens is 360 g/mol. The lowest BCUT2D eigenvalue weighted by Crippen LogP contribution is -2.36. The van der Waals surface area contributed by atoms with Gasteiger partial charge in [-0.2, -0.15) is 4.98 Å². The van der Waals surface area contributed by atoms with Gasteiger partial charge in [-0.25, -0.2) is 4.68 Å². The Morgan fingerprint density at radius 2 is 2.15 bits per heavy atom. The number of nitrogens with one attached hydrogen (secondary N) is 1. The number of carbonyl (C=O) groups is 1. The topological polar surface area (TPSA) is 73.0 Å². The number of rotatable bonds is 2. The van der Waals surface area contributed by atoms with Crippen LogP contribution < -0.4 is 5.32 Å². The van der Waals surface area contributed by atoms with Crippen LogP contribution in [0.3, 0.4) is 0 Å². The van der Waals surface area contributed by atoms with Crippen LogP contribution in [-0.2, 0) is 4.79 Å². The molecule has 0 aromatic carbocycles. The molecule has 0 unspecified atom stereocenters. The van der Waals surface area contributed by atoms with Crippen molar-refractivity contribution in [2.75, 3.05) is 5.32 Å². The average molecular weight is 380 g/mol. The third-order valence-electron chi connectivity index (χ3n) is 5.10. The molecule has 2 aliphatic rings. The normalized spacial score (nSPS) is 21.0. The first kappa shape index (κ1) is 16.5. The molecule has 0 radical (unpaired) electrons. The van der Waals surface area contributed by atoms with E-state index in [-0.39, 0.29) is 17.2 Å². The van der Waals surface area contributed by atoms with Gasteiger partial charge in [-0.3, -0.25) is 4.79 Å². The number of nitrogens with zero attached hydrogens (tertiary/aromatic N) is 3. The van der Waals surface area contributed by atoms with Crippen molar-refractivity contribution in [2.24, 2.45) is 5.41 Å². The number of furan rings is 1. The first-order valence-corrected chi connectivity index (χ1v) is 9.89. The molecule has 3 aromatic rings. The van der Waals surface area contributed by atoms with Crippen molar-refractivity contribution >= 4 is 23.1 Å². The number of thiophene rings is 1. The molecule has 1 aliphatic carbocycles. The number of aryl methyl sites for hydroxylation is 1. The van der Waals surface area contributed by atoms with Crippen molar-refractivity contribution in [3.63, 3.8) is 0 Å². The van der Waals surface area contributed by atoms with E-state index in [2.05, 4.69) is 19.2 Å². The number of aromatic nitrogens is 3. The molecule has 0 saturated carbocycles. The third kappa shape index (κ3) is 2.65. The summed E-state index contributed by atoms with van der Waals surface area (Å²) in [6, 6.07) is 7.45. The van der Waals surface area contributed by atoms with Crippen molar-refractivity contribution in [3.8, 4) is 10.7 Å². The molecule has 0 amide bonds. The molecule has 7 heteroatoms. The maximum absolute atomic E-state index is 13.1. The predicted molar refractivity (Wildman–Crippen MR) is 104 cm³/mol. The van der Waals surface area contributed by atoms with Gasteiger partial charge in [-0.05, 0) is 42.3 Å². The fourth-order valence-corrected chi connectivity index (χ4v) is 4.64. The van der Waals surface area contributed by atoms with Gasteiger partial charge in [0.1, 0.15) is 17.6 Å². The van der Waals surface area contributed by atoms with Crippen LogP contribution in [0.5, 0.6) is 0 Å². The minimum atomic E-state index is -0.380. The third-order valence-corrected chi connectivity index (χ3v) is 5.97. The Balaban J connectivity index is 1.69. The molecule has 0 bridgehead atoms. The van der Waals surface area contributed by atoms with Gasteiger partial charge in [0.2, 0.25) is 5.95 Å². The zero-order valence-corrected chi connectivity index (χ0v) is 16.3. The molecule has 138 valence electrons. The van der Waals surface area contributed by atoms with Crippen molar-refractivity contribution in [1.29, 1.82) is 0 Å². The monoisotopic (exact) mass is 380 g/mol. The zero-order valence-electron chi connectivity index (χ0n) is 15.4. The highest BCUT2D eigenvalue weighted by atomic mass is 32.1. The summed E-state index contributed by atoms with van der Waals surface area (Å²) in [6.45, 7) is 6.16. The number of carbonyl (C=O) groups excluding carboxylic acids is 1. The molecule has 3 aromatic heterocycles.